The summed E-state index contributed by atoms with van der Waals surface area (Å²) in [6.45, 7) is 6.73. The topological polar surface area (TPSA) is 56.7 Å². The van der Waals surface area contributed by atoms with Crippen molar-refractivity contribution in [2.24, 2.45) is 10.4 Å². The molecule has 0 atom stereocenters. The minimum Gasteiger partial charge on any atom is -0.357 e. The molecule has 1 saturated carbocycles. The average Bonchev–Trinajstić information content (AvgIpc) is 3.37. The van der Waals surface area contributed by atoms with Gasteiger partial charge in [0.05, 0.1) is 4.88 Å². The van der Waals surface area contributed by atoms with Crippen LogP contribution in [0, 0.1) is 5.41 Å². The highest BCUT2D eigenvalue weighted by atomic mass is 127. The maximum Gasteiger partial charge on any atom is 0.261 e. The predicted molar refractivity (Wildman–Crippen MR) is 120 cm³/mol. The Bertz CT molecular complexity index is 584. The van der Waals surface area contributed by atoms with Gasteiger partial charge in [0.1, 0.15) is 0 Å². The molecule has 0 aromatic carbocycles. The first-order valence-corrected chi connectivity index (χ1v) is 10.5. The quantitative estimate of drug-likeness (QED) is 0.277. The van der Waals surface area contributed by atoms with Gasteiger partial charge in [-0.25, -0.2) is 0 Å². The fraction of sp³-hybridized carbons (Fsp3) is 0.684. The van der Waals surface area contributed by atoms with Crippen LogP contribution in [0.15, 0.2) is 22.5 Å². The van der Waals surface area contributed by atoms with Crippen molar-refractivity contribution in [2.45, 2.75) is 45.4 Å². The van der Waals surface area contributed by atoms with E-state index >= 15 is 0 Å². The number of nitrogens with zero attached hydrogens (tertiary/aromatic N) is 2. The first kappa shape index (κ1) is 21.5. The SMILES string of the molecule is CCNC(=NCCCNC(=O)c1cccs1)N1CCC2(CCCC2)C1.I. The molecule has 1 spiro atoms. The number of aliphatic imine (C=N–C) groups is 1. The fourth-order valence-electron chi connectivity index (χ4n) is 4.04. The first-order chi connectivity index (χ1) is 12.2. The predicted octanol–water partition coefficient (Wildman–Crippen LogP) is 3.72. The molecular weight excluding hydrogens is 459 g/mol. The largest absolute Gasteiger partial charge is 0.357 e. The third-order valence-electron chi connectivity index (χ3n) is 5.36. The molecule has 1 aliphatic heterocycles. The van der Waals surface area contributed by atoms with Crippen molar-refractivity contribution >= 4 is 47.2 Å². The lowest BCUT2D eigenvalue weighted by molar-refractivity contribution is 0.0957. The van der Waals surface area contributed by atoms with Crippen molar-refractivity contribution in [3.63, 3.8) is 0 Å². The molecule has 26 heavy (non-hydrogen) atoms. The highest BCUT2D eigenvalue weighted by Crippen LogP contribution is 2.45. The molecule has 2 aliphatic rings. The van der Waals surface area contributed by atoms with E-state index in [9.17, 15) is 4.79 Å². The van der Waals surface area contributed by atoms with Crippen LogP contribution >= 0.6 is 35.3 Å². The van der Waals surface area contributed by atoms with Gasteiger partial charge in [0.25, 0.3) is 5.91 Å². The molecule has 1 amide bonds. The summed E-state index contributed by atoms with van der Waals surface area (Å²) < 4.78 is 0. The number of halogens is 1. The molecule has 1 aromatic heterocycles. The van der Waals surface area contributed by atoms with Crippen molar-refractivity contribution in [1.82, 2.24) is 15.5 Å². The summed E-state index contributed by atoms with van der Waals surface area (Å²) in [5.41, 5.74) is 0.560. The summed E-state index contributed by atoms with van der Waals surface area (Å²) in [6.07, 6.45) is 7.74. The molecule has 0 bridgehead atoms. The van der Waals surface area contributed by atoms with Crippen LogP contribution < -0.4 is 10.6 Å². The number of carbonyl (C=O) groups excluding carboxylic acids is 1. The number of hydrogen-bond donors (Lipinski definition) is 2. The number of nitrogens with one attached hydrogen (secondary N) is 2. The molecule has 1 saturated heterocycles. The lowest BCUT2D eigenvalue weighted by Gasteiger charge is -2.26. The van der Waals surface area contributed by atoms with E-state index in [0.717, 1.165) is 43.4 Å². The van der Waals surface area contributed by atoms with Crippen LogP contribution in [-0.2, 0) is 0 Å². The fourth-order valence-corrected chi connectivity index (χ4v) is 4.68. The second kappa shape index (κ2) is 10.5. The Morgan fingerprint density at radius 3 is 2.81 bits per heavy atom. The number of hydrogen-bond acceptors (Lipinski definition) is 3. The molecule has 2 heterocycles. The van der Waals surface area contributed by atoms with Crippen LogP contribution in [-0.4, -0.2) is 49.5 Å². The summed E-state index contributed by atoms with van der Waals surface area (Å²) in [6, 6.07) is 3.76. The van der Waals surface area contributed by atoms with Gasteiger partial charge in [0, 0.05) is 32.7 Å². The average molecular weight is 490 g/mol. The van der Waals surface area contributed by atoms with E-state index in [1.165, 1.54) is 43.4 Å². The van der Waals surface area contributed by atoms with Gasteiger partial charge in [0.15, 0.2) is 5.96 Å². The Morgan fingerprint density at radius 2 is 2.12 bits per heavy atom. The molecule has 146 valence electrons. The Balaban J connectivity index is 0.00000243. The number of amides is 1. The Kier molecular flexibility index (Phi) is 8.66. The number of thiophene rings is 1. The minimum absolute atomic E-state index is 0. The summed E-state index contributed by atoms with van der Waals surface area (Å²) in [5, 5.41) is 8.34. The van der Waals surface area contributed by atoms with Gasteiger partial charge < -0.3 is 15.5 Å². The zero-order valence-electron chi connectivity index (χ0n) is 15.6. The second-order valence-corrected chi connectivity index (χ2v) is 8.15. The van der Waals surface area contributed by atoms with Crippen molar-refractivity contribution < 1.29 is 4.79 Å². The standard InChI is InChI=1S/C19H30N4OS.HI/c1-2-20-18(23-13-10-19(15-23)8-3-4-9-19)22-12-6-11-21-17(24)16-7-5-14-25-16;/h5,7,14H,2-4,6,8-13,15H2,1H3,(H,20,22)(H,21,24);1H. The second-order valence-electron chi connectivity index (χ2n) is 7.20. The van der Waals surface area contributed by atoms with E-state index in [1.807, 2.05) is 17.5 Å². The number of likely N-dealkylation sites (tertiary alicyclic amines) is 1. The highest BCUT2D eigenvalue weighted by Gasteiger charge is 2.41. The molecule has 1 aromatic rings. The maximum absolute atomic E-state index is 11.9. The van der Waals surface area contributed by atoms with Crippen molar-refractivity contribution in [1.29, 1.82) is 0 Å². The van der Waals surface area contributed by atoms with Gasteiger partial charge in [-0.2, -0.15) is 0 Å². The highest BCUT2D eigenvalue weighted by molar-refractivity contribution is 14.0. The van der Waals surface area contributed by atoms with Crippen LogP contribution in [0.2, 0.25) is 0 Å². The Morgan fingerprint density at radius 1 is 1.31 bits per heavy atom. The smallest absolute Gasteiger partial charge is 0.261 e. The molecule has 2 fully saturated rings. The van der Waals surface area contributed by atoms with E-state index < -0.39 is 0 Å². The molecule has 1 aliphatic carbocycles. The van der Waals surface area contributed by atoms with Crippen LogP contribution in [0.1, 0.15) is 55.1 Å². The molecule has 5 nitrogen and oxygen atoms in total. The van der Waals surface area contributed by atoms with Crippen LogP contribution in [0.5, 0.6) is 0 Å². The third kappa shape index (κ3) is 5.58. The minimum atomic E-state index is 0. The monoisotopic (exact) mass is 490 g/mol. The Labute approximate surface area is 178 Å². The van der Waals surface area contributed by atoms with Gasteiger partial charge in [-0.1, -0.05) is 18.9 Å². The molecule has 7 heteroatoms. The lowest BCUT2D eigenvalue weighted by atomic mass is 9.86. The van der Waals surface area contributed by atoms with Gasteiger partial charge in [-0.15, -0.1) is 35.3 Å². The van der Waals surface area contributed by atoms with Crippen LogP contribution in [0.25, 0.3) is 0 Å². The molecule has 3 rings (SSSR count). The molecule has 0 radical (unpaired) electrons. The molecule has 2 N–H and O–H groups in total. The molecular formula is C19H31IN4OS. The summed E-state index contributed by atoms with van der Waals surface area (Å²) in [7, 11) is 0. The zero-order chi connectivity index (χ0) is 17.5. The van der Waals surface area contributed by atoms with Crippen molar-refractivity contribution in [2.75, 3.05) is 32.7 Å². The Hall–Kier alpha value is -0.830. The maximum atomic E-state index is 11.9. The van der Waals surface area contributed by atoms with E-state index in [-0.39, 0.29) is 29.9 Å². The van der Waals surface area contributed by atoms with Crippen LogP contribution in [0.3, 0.4) is 0 Å². The summed E-state index contributed by atoms with van der Waals surface area (Å²) in [4.78, 5) is 19.9. The number of rotatable bonds is 6. The zero-order valence-corrected chi connectivity index (χ0v) is 18.8. The molecule has 0 unspecified atom stereocenters. The lowest BCUT2D eigenvalue weighted by Crippen LogP contribution is -2.41. The summed E-state index contributed by atoms with van der Waals surface area (Å²) in [5.74, 6) is 1.07. The van der Waals surface area contributed by atoms with Gasteiger partial charge in [0.2, 0.25) is 0 Å². The van der Waals surface area contributed by atoms with Crippen LogP contribution in [0.4, 0.5) is 0 Å². The van der Waals surface area contributed by atoms with Gasteiger partial charge >= 0.3 is 0 Å². The van der Waals surface area contributed by atoms with E-state index in [0.29, 0.717) is 12.0 Å². The normalized spacial score (nSPS) is 18.8. The number of guanidine groups is 1. The van der Waals surface area contributed by atoms with E-state index in [1.54, 1.807) is 0 Å². The van der Waals surface area contributed by atoms with E-state index in [2.05, 4.69) is 22.5 Å². The third-order valence-corrected chi connectivity index (χ3v) is 6.23. The summed E-state index contributed by atoms with van der Waals surface area (Å²) >= 11 is 1.48. The first-order valence-electron chi connectivity index (χ1n) is 9.57. The number of carbonyl (C=O) groups is 1. The van der Waals surface area contributed by atoms with Gasteiger partial charge in [-0.3, -0.25) is 9.79 Å². The van der Waals surface area contributed by atoms with Crippen molar-refractivity contribution in [3.05, 3.63) is 22.4 Å². The van der Waals surface area contributed by atoms with Crippen molar-refractivity contribution in [3.8, 4) is 0 Å². The van der Waals surface area contributed by atoms with Gasteiger partial charge in [-0.05, 0) is 49.5 Å². The van der Waals surface area contributed by atoms with E-state index in [4.69, 9.17) is 4.99 Å².